The van der Waals surface area contributed by atoms with Crippen LogP contribution in [0.1, 0.15) is 6.92 Å². The summed E-state index contributed by atoms with van der Waals surface area (Å²) in [5.41, 5.74) is 0.388. The lowest BCUT2D eigenvalue weighted by molar-refractivity contribution is -0.119. The lowest BCUT2D eigenvalue weighted by Crippen LogP contribution is -2.41. The molecule has 2 rings (SSSR count). The maximum absolute atomic E-state index is 12.3. The summed E-state index contributed by atoms with van der Waals surface area (Å²) in [4.78, 5) is 13.3. The topological polar surface area (TPSA) is 75.7 Å². The number of ether oxygens (including phenoxy) is 1. The second-order valence-corrected chi connectivity index (χ2v) is 9.36. The molecule has 2 aromatic rings. The van der Waals surface area contributed by atoms with Crippen molar-refractivity contribution in [1.82, 2.24) is 5.32 Å². The fourth-order valence-corrected chi connectivity index (χ4v) is 4.11. The van der Waals surface area contributed by atoms with Crippen molar-refractivity contribution in [2.75, 3.05) is 36.0 Å². The van der Waals surface area contributed by atoms with Gasteiger partial charge in [-0.1, -0.05) is 17.7 Å². The van der Waals surface area contributed by atoms with Crippen LogP contribution < -0.4 is 14.4 Å². The summed E-state index contributed by atoms with van der Waals surface area (Å²) in [5, 5.41) is 3.43. The van der Waals surface area contributed by atoms with Crippen LogP contribution >= 0.6 is 23.4 Å². The van der Waals surface area contributed by atoms with Crippen molar-refractivity contribution in [2.24, 2.45) is 0 Å². The summed E-state index contributed by atoms with van der Waals surface area (Å²) >= 11 is 7.43. The summed E-state index contributed by atoms with van der Waals surface area (Å²) in [6.07, 6.45) is 1.07. The zero-order chi connectivity index (χ0) is 20.6. The molecule has 6 nitrogen and oxygen atoms in total. The van der Waals surface area contributed by atoms with E-state index in [1.807, 2.05) is 31.2 Å². The van der Waals surface area contributed by atoms with Crippen LogP contribution in [0.4, 0.5) is 5.69 Å². The second kappa shape index (κ2) is 10.6. The number of benzene rings is 2. The minimum absolute atomic E-state index is 0.292. The number of thioether (sulfide) groups is 1. The Labute approximate surface area is 175 Å². The van der Waals surface area contributed by atoms with Gasteiger partial charge in [0, 0.05) is 28.3 Å². The quantitative estimate of drug-likeness (QED) is 0.450. The summed E-state index contributed by atoms with van der Waals surface area (Å²) in [6.45, 7) is 2.44. The van der Waals surface area contributed by atoms with Gasteiger partial charge >= 0.3 is 0 Å². The van der Waals surface area contributed by atoms with Crippen LogP contribution in [-0.4, -0.2) is 46.0 Å². The van der Waals surface area contributed by atoms with Crippen LogP contribution in [0.15, 0.2) is 53.4 Å². The number of nitrogens with zero attached hydrogens (tertiary/aromatic N) is 1. The van der Waals surface area contributed by atoms with Gasteiger partial charge in [0.2, 0.25) is 15.9 Å². The van der Waals surface area contributed by atoms with Crippen molar-refractivity contribution in [1.29, 1.82) is 0 Å². The Hall–Kier alpha value is -1.90. The monoisotopic (exact) mass is 442 g/mol. The van der Waals surface area contributed by atoms with Crippen molar-refractivity contribution >= 4 is 45.0 Å². The molecule has 152 valence electrons. The van der Waals surface area contributed by atoms with Gasteiger partial charge in [-0.15, -0.1) is 11.8 Å². The van der Waals surface area contributed by atoms with E-state index in [1.54, 1.807) is 36.0 Å². The molecule has 0 bridgehead atoms. The molecule has 2 aromatic carbocycles. The number of hydrogen-bond acceptors (Lipinski definition) is 5. The van der Waals surface area contributed by atoms with Crippen LogP contribution in [-0.2, 0) is 14.8 Å². The van der Waals surface area contributed by atoms with E-state index in [4.69, 9.17) is 16.3 Å². The van der Waals surface area contributed by atoms with E-state index in [9.17, 15) is 13.2 Å². The number of carbonyl (C=O) groups excluding carboxylic acids is 1. The molecular weight excluding hydrogens is 420 g/mol. The lowest BCUT2D eigenvalue weighted by Gasteiger charge is -2.22. The maximum atomic E-state index is 12.3. The first-order valence-corrected chi connectivity index (χ1v) is 11.9. The van der Waals surface area contributed by atoms with Crippen LogP contribution in [0.2, 0.25) is 5.02 Å². The van der Waals surface area contributed by atoms with Crippen LogP contribution in [0, 0.1) is 0 Å². The van der Waals surface area contributed by atoms with Crippen molar-refractivity contribution in [3.63, 3.8) is 0 Å². The molecule has 0 aliphatic heterocycles. The minimum Gasteiger partial charge on any atom is -0.494 e. The number of nitrogens with one attached hydrogen (secondary N) is 1. The van der Waals surface area contributed by atoms with Gasteiger partial charge in [-0.25, -0.2) is 8.42 Å². The Morgan fingerprint density at radius 1 is 1.21 bits per heavy atom. The predicted octanol–water partition coefficient (Wildman–Crippen LogP) is 3.41. The maximum Gasteiger partial charge on any atom is 0.240 e. The van der Waals surface area contributed by atoms with Crippen molar-refractivity contribution in [2.45, 2.75) is 11.8 Å². The molecule has 0 saturated heterocycles. The van der Waals surface area contributed by atoms with Crippen molar-refractivity contribution in [3.8, 4) is 5.75 Å². The number of carbonyl (C=O) groups is 1. The van der Waals surface area contributed by atoms with Crippen LogP contribution in [0.3, 0.4) is 0 Å². The highest BCUT2D eigenvalue weighted by atomic mass is 35.5. The van der Waals surface area contributed by atoms with Gasteiger partial charge in [-0.3, -0.25) is 9.10 Å². The summed E-state index contributed by atoms with van der Waals surface area (Å²) < 4.78 is 30.8. The van der Waals surface area contributed by atoms with Gasteiger partial charge in [0.25, 0.3) is 0 Å². The first kappa shape index (κ1) is 22.4. The zero-order valence-electron chi connectivity index (χ0n) is 15.7. The molecule has 0 saturated carbocycles. The molecule has 0 heterocycles. The van der Waals surface area contributed by atoms with E-state index in [-0.39, 0.29) is 12.5 Å². The van der Waals surface area contributed by atoms with Crippen molar-refractivity contribution < 1.29 is 17.9 Å². The van der Waals surface area contributed by atoms with E-state index in [0.717, 1.165) is 15.5 Å². The molecule has 0 atom stereocenters. The summed E-state index contributed by atoms with van der Waals surface area (Å²) in [6, 6.07) is 14.1. The van der Waals surface area contributed by atoms with Crippen LogP contribution in [0.5, 0.6) is 5.75 Å². The highest BCUT2D eigenvalue weighted by Gasteiger charge is 2.21. The number of anilines is 1. The fraction of sp³-hybridized carbons (Fsp3) is 0.316. The largest absolute Gasteiger partial charge is 0.494 e. The van der Waals surface area contributed by atoms with Gasteiger partial charge in [-0.2, -0.15) is 0 Å². The Morgan fingerprint density at radius 3 is 2.57 bits per heavy atom. The number of hydrogen-bond donors (Lipinski definition) is 1. The Morgan fingerprint density at radius 2 is 1.93 bits per heavy atom. The number of halogens is 1. The molecule has 1 amide bonds. The van der Waals surface area contributed by atoms with E-state index < -0.39 is 10.0 Å². The summed E-state index contributed by atoms with van der Waals surface area (Å²) in [5.74, 6) is 0.837. The molecule has 0 unspecified atom stereocenters. The van der Waals surface area contributed by atoms with Gasteiger partial charge < -0.3 is 10.1 Å². The molecule has 0 spiro atoms. The Kier molecular flexibility index (Phi) is 8.47. The smallest absolute Gasteiger partial charge is 0.240 e. The molecule has 0 aromatic heterocycles. The van der Waals surface area contributed by atoms with Gasteiger partial charge in [0.05, 0.1) is 18.6 Å². The number of amides is 1. The Balaban J connectivity index is 1.92. The third-order valence-corrected chi connectivity index (χ3v) is 6.02. The standard InChI is InChI=1S/C19H23ClN2O4S2/c1-3-26-17-6-4-5-16(13-17)22(28(2,24)25)14-19(23)21-11-12-27-18-9-7-15(20)8-10-18/h4-10,13H,3,11-12,14H2,1-2H3,(H,21,23). The van der Waals surface area contributed by atoms with E-state index in [1.165, 1.54) is 0 Å². The molecule has 28 heavy (non-hydrogen) atoms. The molecule has 0 fully saturated rings. The first-order valence-electron chi connectivity index (χ1n) is 8.65. The first-order chi connectivity index (χ1) is 13.3. The lowest BCUT2D eigenvalue weighted by atomic mass is 10.3. The van der Waals surface area contributed by atoms with E-state index >= 15 is 0 Å². The van der Waals surface area contributed by atoms with Gasteiger partial charge in [-0.05, 0) is 43.3 Å². The molecule has 0 aliphatic carbocycles. The average molecular weight is 443 g/mol. The molecule has 0 radical (unpaired) electrons. The zero-order valence-corrected chi connectivity index (χ0v) is 18.1. The summed E-state index contributed by atoms with van der Waals surface area (Å²) in [7, 11) is -3.62. The highest BCUT2D eigenvalue weighted by Crippen LogP contribution is 2.23. The average Bonchev–Trinajstić information content (AvgIpc) is 2.64. The third-order valence-electron chi connectivity index (χ3n) is 3.61. The van der Waals surface area contributed by atoms with Gasteiger partial charge in [0.15, 0.2) is 0 Å². The minimum atomic E-state index is -3.62. The molecular formula is C19H23ClN2O4S2. The van der Waals surface area contributed by atoms with Crippen LogP contribution in [0.25, 0.3) is 0 Å². The molecule has 9 heteroatoms. The normalized spacial score (nSPS) is 11.1. The molecule has 0 aliphatic rings. The number of rotatable bonds is 10. The van der Waals surface area contributed by atoms with E-state index in [2.05, 4.69) is 5.32 Å². The van der Waals surface area contributed by atoms with Crippen molar-refractivity contribution in [3.05, 3.63) is 53.6 Å². The highest BCUT2D eigenvalue weighted by molar-refractivity contribution is 7.99. The SMILES string of the molecule is CCOc1cccc(N(CC(=O)NCCSc2ccc(Cl)cc2)S(C)(=O)=O)c1. The third kappa shape index (κ3) is 7.26. The predicted molar refractivity (Wildman–Crippen MR) is 115 cm³/mol. The number of sulfonamides is 1. The van der Waals surface area contributed by atoms with Gasteiger partial charge in [0.1, 0.15) is 12.3 Å². The van der Waals surface area contributed by atoms with E-state index in [0.29, 0.717) is 35.4 Å². The molecule has 1 N–H and O–H groups in total. The fourth-order valence-electron chi connectivity index (χ4n) is 2.37. The second-order valence-electron chi connectivity index (χ2n) is 5.85. The Bertz CT molecular complexity index is 889.